The number of piperidine rings is 1. The number of aromatic nitrogens is 2. The van der Waals surface area contributed by atoms with Crippen LogP contribution in [0.4, 0.5) is 11.6 Å². The fourth-order valence-electron chi connectivity index (χ4n) is 6.57. The predicted molar refractivity (Wildman–Crippen MR) is 205 cm³/mol. The third-order valence-corrected chi connectivity index (χ3v) is 10.1. The van der Waals surface area contributed by atoms with Crippen LogP contribution in [0.1, 0.15) is 88.0 Å². The van der Waals surface area contributed by atoms with E-state index in [-0.39, 0.29) is 23.5 Å². The average molecular weight is 726 g/mol. The van der Waals surface area contributed by atoms with Crippen LogP contribution in [0.3, 0.4) is 0 Å². The molecule has 12 heteroatoms. The molecule has 3 heterocycles. The number of allylic oxidation sites excluding steroid dienone is 2. The molecule has 5 rings (SSSR count). The minimum atomic E-state index is -0.396. The molecule has 0 bridgehead atoms. The number of hydrogen-bond donors (Lipinski definition) is 4. The van der Waals surface area contributed by atoms with Crippen LogP contribution < -0.4 is 16.0 Å². The van der Waals surface area contributed by atoms with Gasteiger partial charge in [0, 0.05) is 43.6 Å². The van der Waals surface area contributed by atoms with Gasteiger partial charge in [0.05, 0.1) is 39.8 Å². The number of carbonyl (C=O) groups excluding carboxylic acids is 3. The minimum Gasteiger partial charge on any atom is -0.506 e. The maximum absolute atomic E-state index is 13.5. The molecule has 1 fully saturated rings. The predicted octanol–water partition coefficient (Wildman–Crippen LogP) is 6.87. The van der Waals surface area contributed by atoms with Gasteiger partial charge in [-0.05, 0) is 93.7 Å². The van der Waals surface area contributed by atoms with Gasteiger partial charge in [0.2, 0.25) is 11.9 Å². The highest BCUT2D eigenvalue weighted by Gasteiger charge is 2.43. The lowest BCUT2D eigenvalue weighted by Crippen LogP contribution is -2.46. The van der Waals surface area contributed by atoms with Crippen LogP contribution in [0, 0.1) is 13.8 Å². The number of hydrogen-bond acceptors (Lipinski definition) is 9. The number of rotatable bonds is 16. The lowest BCUT2D eigenvalue weighted by molar-refractivity contribution is -0.130. The van der Waals surface area contributed by atoms with Crippen molar-refractivity contribution in [2.45, 2.75) is 77.7 Å². The van der Waals surface area contributed by atoms with Gasteiger partial charge < -0.3 is 26.0 Å². The molecule has 1 unspecified atom stereocenters. The number of halogens is 1. The van der Waals surface area contributed by atoms with Crippen molar-refractivity contribution >= 4 is 41.0 Å². The maximum Gasteiger partial charge on any atom is 0.262 e. The lowest BCUT2D eigenvalue weighted by Gasteiger charge is -2.33. The van der Waals surface area contributed by atoms with Crippen molar-refractivity contribution < 1.29 is 19.5 Å². The number of unbranched alkanes of at least 4 members (excludes halogenated alkanes) is 2. The largest absolute Gasteiger partial charge is 0.506 e. The zero-order chi connectivity index (χ0) is 37.5. The van der Waals surface area contributed by atoms with Crippen molar-refractivity contribution in [1.29, 1.82) is 0 Å². The van der Waals surface area contributed by atoms with E-state index in [4.69, 9.17) is 11.6 Å². The smallest absolute Gasteiger partial charge is 0.262 e. The van der Waals surface area contributed by atoms with E-state index in [0.717, 1.165) is 53.9 Å². The van der Waals surface area contributed by atoms with Crippen LogP contribution in [0.2, 0.25) is 5.02 Å². The number of fused-ring (bicyclic) bond motifs is 1. The Hall–Kier alpha value is -5.16. The minimum absolute atomic E-state index is 0.0793. The van der Waals surface area contributed by atoms with Crippen LogP contribution in [0.25, 0.3) is 0 Å². The SMILES string of the molecule is C=C(CCc1cccc2c1C(=O)N(C1CCC(=C)NC1=C)C2=O)NCCCCCC(=O)N(C)CCc1cc(O)c(Nc2ncc(Cl)c(C)n2)cc1C. The first-order valence-corrected chi connectivity index (χ1v) is 18.1. The molecule has 52 heavy (non-hydrogen) atoms. The summed E-state index contributed by atoms with van der Waals surface area (Å²) in [5.74, 6) is -0.0355. The van der Waals surface area contributed by atoms with Gasteiger partial charge in [-0.15, -0.1) is 0 Å². The number of phenolic OH excluding ortho intramolecular Hbond substituents is 1. The number of benzene rings is 2. The Labute approximate surface area is 310 Å². The monoisotopic (exact) mass is 725 g/mol. The van der Waals surface area contributed by atoms with Gasteiger partial charge in [0.15, 0.2) is 0 Å². The Morgan fingerprint density at radius 3 is 2.63 bits per heavy atom. The summed E-state index contributed by atoms with van der Waals surface area (Å²) in [6.45, 7) is 17.2. The highest BCUT2D eigenvalue weighted by Crippen LogP contribution is 2.33. The van der Waals surface area contributed by atoms with Gasteiger partial charge in [-0.2, -0.15) is 0 Å². The van der Waals surface area contributed by atoms with Gasteiger partial charge in [0.25, 0.3) is 11.8 Å². The number of nitrogens with zero attached hydrogens (tertiary/aromatic N) is 4. The van der Waals surface area contributed by atoms with Gasteiger partial charge in [-0.1, -0.05) is 49.9 Å². The molecule has 274 valence electrons. The van der Waals surface area contributed by atoms with Crippen molar-refractivity contribution in [1.82, 2.24) is 30.4 Å². The van der Waals surface area contributed by atoms with Crippen LogP contribution >= 0.6 is 11.6 Å². The molecule has 2 aromatic carbocycles. The Morgan fingerprint density at radius 1 is 1.10 bits per heavy atom. The van der Waals surface area contributed by atoms with E-state index in [1.54, 1.807) is 24.0 Å². The second-order valence-corrected chi connectivity index (χ2v) is 14.0. The number of carbonyl (C=O) groups is 3. The number of aryl methyl sites for hydroxylation is 3. The molecule has 0 saturated carbocycles. The number of imide groups is 1. The van der Waals surface area contributed by atoms with Crippen LogP contribution in [-0.4, -0.2) is 68.8 Å². The molecule has 1 aromatic heterocycles. The third kappa shape index (κ3) is 9.00. The molecular formula is C40H48ClN7O4. The normalized spacial score (nSPS) is 15.4. The topological polar surface area (TPSA) is 140 Å². The van der Waals surface area contributed by atoms with Crippen molar-refractivity contribution in [3.8, 4) is 5.75 Å². The molecule has 2 aliphatic rings. The van der Waals surface area contributed by atoms with E-state index in [0.29, 0.717) is 84.2 Å². The third-order valence-electron chi connectivity index (χ3n) is 9.70. The summed E-state index contributed by atoms with van der Waals surface area (Å²) in [7, 11) is 1.81. The van der Waals surface area contributed by atoms with Crippen molar-refractivity contribution in [2.75, 3.05) is 25.5 Å². The first kappa shape index (κ1) is 38.1. The second-order valence-electron chi connectivity index (χ2n) is 13.6. The van der Waals surface area contributed by atoms with Gasteiger partial charge in [-0.25, -0.2) is 9.97 Å². The van der Waals surface area contributed by atoms with Crippen LogP contribution in [0.5, 0.6) is 5.75 Å². The number of phenols is 1. The summed E-state index contributed by atoms with van der Waals surface area (Å²) in [6.07, 6.45) is 7.66. The zero-order valence-electron chi connectivity index (χ0n) is 30.3. The zero-order valence-corrected chi connectivity index (χ0v) is 31.0. The van der Waals surface area contributed by atoms with E-state index in [9.17, 15) is 19.5 Å². The molecule has 3 aromatic rings. The number of anilines is 2. The highest BCUT2D eigenvalue weighted by atomic mass is 35.5. The molecule has 3 amide bonds. The van der Waals surface area contributed by atoms with Gasteiger partial charge in [-0.3, -0.25) is 19.3 Å². The summed E-state index contributed by atoms with van der Waals surface area (Å²) in [4.78, 5) is 51.1. The summed E-state index contributed by atoms with van der Waals surface area (Å²) >= 11 is 6.01. The lowest BCUT2D eigenvalue weighted by atomic mass is 9.98. The van der Waals surface area contributed by atoms with E-state index < -0.39 is 6.04 Å². The van der Waals surface area contributed by atoms with Crippen molar-refractivity contribution in [2.24, 2.45) is 0 Å². The Morgan fingerprint density at radius 2 is 1.88 bits per heavy atom. The van der Waals surface area contributed by atoms with Gasteiger partial charge in [0.1, 0.15) is 5.75 Å². The molecular weight excluding hydrogens is 678 g/mol. The number of nitrogens with one attached hydrogen (secondary N) is 3. The molecule has 0 radical (unpaired) electrons. The Balaban J connectivity index is 0.991. The van der Waals surface area contributed by atoms with Crippen LogP contribution in [-0.2, 0) is 17.6 Å². The Kier molecular flexibility index (Phi) is 12.4. The first-order valence-electron chi connectivity index (χ1n) is 17.7. The van der Waals surface area contributed by atoms with Crippen molar-refractivity contribution in [3.05, 3.63) is 112 Å². The molecule has 1 saturated heterocycles. The fraction of sp³-hybridized carbons (Fsp3) is 0.375. The summed E-state index contributed by atoms with van der Waals surface area (Å²) < 4.78 is 0. The number of likely N-dealkylation sites (N-methyl/N-ethyl adjacent to an activating group) is 1. The van der Waals surface area contributed by atoms with E-state index in [1.165, 1.54) is 11.1 Å². The van der Waals surface area contributed by atoms with E-state index in [1.807, 2.05) is 32.2 Å². The highest BCUT2D eigenvalue weighted by molar-refractivity contribution is 6.31. The number of amides is 3. The van der Waals surface area contributed by atoms with Crippen LogP contribution in [0.15, 0.2) is 73.4 Å². The molecule has 0 spiro atoms. The van der Waals surface area contributed by atoms with E-state index >= 15 is 0 Å². The molecule has 4 N–H and O–H groups in total. The van der Waals surface area contributed by atoms with Gasteiger partial charge >= 0.3 is 0 Å². The van der Waals surface area contributed by atoms with E-state index in [2.05, 4.69) is 45.7 Å². The first-order chi connectivity index (χ1) is 24.8. The standard InChI is InChI=1S/C40H48ClN7O4/c1-24-21-33(46-40-43-23-32(41)27(4)45-40)35(49)22-30(24)18-20-47(6)36(50)13-8-7-9-19-42-25(2)14-16-29-11-10-12-31-37(29)39(52)48(38(31)51)34-17-15-26(3)44-28(34)5/h10-12,21-23,34,42,44,49H,2-3,5,7-9,13-20H2,1,4,6H3,(H,43,45,46). The fourth-order valence-corrected chi connectivity index (χ4v) is 6.66. The van der Waals surface area contributed by atoms with Crippen molar-refractivity contribution in [3.63, 3.8) is 0 Å². The summed E-state index contributed by atoms with van der Waals surface area (Å²) in [5.41, 5.74) is 7.15. The summed E-state index contributed by atoms with van der Waals surface area (Å²) in [5, 5.41) is 20.6. The average Bonchev–Trinajstić information content (AvgIpc) is 3.36. The maximum atomic E-state index is 13.5. The second kappa shape index (κ2) is 16.9. The quantitative estimate of drug-likeness (QED) is 0.0708. The molecule has 0 aliphatic carbocycles. The molecule has 2 aliphatic heterocycles. The number of aromatic hydroxyl groups is 1. The Bertz CT molecular complexity index is 1910. The molecule has 1 atom stereocenters. The summed E-state index contributed by atoms with van der Waals surface area (Å²) in [6, 6.07) is 8.62. The molecule has 11 nitrogen and oxygen atoms in total.